The van der Waals surface area contributed by atoms with Gasteiger partial charge in [-0.15, -0.1) is 5.10 Å². The molecule has 0 saturated carbocycles. The number of hydrogen-bond donors (Lipinski definition) is 2. The lowest BCUT2D eigenvalue weighted by Crippen LogP contribution is -2.52. The minimum Gasteiger partial charge on any atom is -0.348 e. The summed E-state index contributed by atoms with van der Waals surface area (Å²) in [6, 6.07) is 10.1. The number of tetrazole rings is 1. The SMILES string of the molecule is C=CC(=O)NC(C)(C)CC(C)(NCc1ccccc1)c1nnnn1C. The van der Waals surface area contributed by atoms with E-state index < -0.39 is 11.1 Å². The van der Waals surface area contributed by atoms with E-state index in [1.807, 2.05) is 46.0 Å². The van der Waals surface area contributed by atoms with E-state index in [1.165, 1.54) is 6.08 Å². The van der Waals surface area contributed by atoms with Gasteiger partial charge in [0.1, 0.15) is 0 Å². The lowest BCUT2D eigenvalue weighted by atomic mass is 9.84. The molecule has 134 valence electrons. The molecule has 0 aliphatic rings. The van der Waals surface area contributed by atoms with E-state index in [1.54, 1.807) is 4.68 Å². The molecule has 7 nitrogen and oxygen atoms in total. The molecule has 0 radical (unpaired) electrons. The number of aryl methyl sites for hydroxylation is 1. The first kappa shape index (κ1) is 18.8. The Kier molecular flexibility index (Phi) is 5.69. The van der Waals surface area contributed by atoms with E-state index in [9.17, 15) is 4.79 Å². The molecule has 0 bridgehead atoms. The zero-order chi connectivity index (χ0) is 18.5. The van der Waals surface area contributed by atoms with Gasteiger partial charge in [0.05, 0.1) is 5.54 Å². The Morgan fingerprint density at radius 2 is 1.96 bits per heavy atom. The third-order valence-electron chi connectivity index (χ3n) is 4.08. The minimum absolute atomic E-state index is 0.202. The van der Waals surface area contributed by atoms with Crippen LogP contribution in [-0.2, 0) is 23.9 Å². The van der Waals surface area contributed by atoms with E-state index in [-0.39, 0.29) is 5.91 Å². The fourth-order valence-corrected chi connectivity index (χ4v) is 3.12. The smallest absolute Gasteiger partial charge is 0.243 e. The molecule has 1 atom stereocenters. The molecular weight excluding hydrogens is 316 g/mol. The van der Waals surface area contributed by atoms with Gasteiger partial charge in [0.25, 0.3) is 0 Å². The standard InChI is InChI=1S/C18H26N6O/c1-6-15(25)20-17(2,3)13-18(4,16-21-22-23-24(16)5)19-12-14-10-8-7-9-11-14/h6-11,19H,1,12-13H2,2-5H3,(H,20,25). The highest BCUT2D eigenvalue weighted by molar-refractivity contribution is 5.87. The summed E-state index contributed by atoms with van der Waals surface area (Å²) in [5, 5.41) is 18.4. The fourth-order valence-electron chi connectivity index (χ4n) is 3.12. The van der Waals surface area contributed by atoms with Gasteiger partial charge in [0, 0.05) is 19.1 Å². The Bertz CT molecular complexity index is 724. The second-order valence-corrected chi connectivity index (χ2v) is 7.05. The number of carbonyl (C=O) groups is 1. The molecule has 1 aromatic heterocycles. The maximum absolute atomic E-state index is 11.8. The van der Waals surface area contributed by atoms with E-state index in [0.29, 0.717) is 18.8 Å². The summed E-state index contributed by atoms with van der Waals surface area (Å²) in [6.45, 7) is 10.2. The van der Waals surface area contributed by atoms with Gasteiger partial charge in [0.15, 0.2) is 5.82 Å². The number of hydrogen-bond acceptors (Lipinski definition) is 5. The first-order valence-electron chi connectivity index (χ1n) is 8.22. The van der Waals surface area contributed by atoms with Crippen molar-refractivity contribution >= 4 is 5.91 Å². The summed E-state index contributed by atoms with van der Waals surface area (Å²) < 4.78 is 1.66. The van der Waals surface area contributed by atoms with Gasteiger partial charge in [-0.3, -0.25) is 4.79 Å². The van der Waals surface area contributed by atoms with Crippen LogP contribution in [0.1, 0.15) is 38.6 Å². The molecule has 2 rings (SSSR count). The molecule has 25 heavy (non-hydrogen) atoms. The quantitative estimate of drug-likeness (QED) is 0.713. The highest BCUT2D eigenvalue weighted by Gasteiger charge is 2.38. The molecule has 2 N–H and O–H groups in total. The van der Waals surface area contributed by atoms with Crippen molar-refractivity contribution in [3.8, 4) is 0 Å². The van der Waals surface area contributed by atoms with Crippen molar-refractivity contribution in [2.75, 3.05) is 0 Å². The Morgan fingerprint density at radius 3 is 2.52 bits per heavy atom. The summed E-state index contributed by atoms with van der Waals surface area (Å²) in [4.78, 5) is 11.8. The second kappa shape index (κ2) is 7.57. The molecule has 1 unspecified atom stereocenters. The largest absolute Gasteiger partial charge is 0.348 e. The number of carbonyl (C=O) groups excluding carboxylic acids is 1. The molecule has 1 aromatic carbocycles. The molecule has 0 saturated heterocycles. The van der Waals surface area contributed by atoms with E-state index in [2.05, 4.69) is 44.9 Å². The number of amides is 1. The maximum atomic E-state index is 11.8. The number of aromatic nitrogens is 4. The third kappa shape index (κ3) is 4.96. The first-order chi connectivity index (χ1) is 11.8. The lowest BCUT2D eigenvalue weighted by Gasteiger charge is -2.37. The van der Waals surface area contributed by atoms with Crippen LogP contribution in [0.3, 0.4) is 0 Å². The molecule has 7 heteroatoms. The zero-order valence-corrected chi connectivity index (χ0v) is 15.3. The normalized spacial score (nSPS) is 13.9. The van der Waals surface area contributed by atoms with Gasteiger partial charge in [-0.2, -0.15) is 0 Å². The van der Waals surface area contributed by atoms with Crippen LogP contribution >= 0.6 is 0 Å². The van der Waals surface area contributed by atoms with Crippen molar-refractivity contribution in [1.82, 2.24) is 30.8 Å². The molecule has 1 heterocycles. The number of rotatable bonds is 8. The number of nitrogens with zero attached hydrogens (tertiary/aromatic N) is 4. The molecule has 2 aromatic rings. The molecule has 0 aliphatic carbocycles. The average Bonchev–Trinajstić information content (AvgIpc) is 3.00. The van der Waals surface area contributed by atoms with Crippen molar-refractivity contribution in [2.45, 2.75) is 44.8 Å². The van der Waals surface area contributed by atoms with Gasteiger partial charge in [-0.25, -0.2) is 4.68 Å². The van der Waals surface area contributed by atoms with Crippen LogP contribution in [0.5, 0.6) is 0 Å². The Labute approximate surface area is 148 Å². The van der Waals surface area contributed by atoms with Crippen LogP contribution in [0.2, 0.25) is 0 Å². The summed E-state index contributed by atoms with van der Waals surface area (Å²) in [5.41, 5.74) is 0.151. The number of benzene rings is 1. The summed E-state index contributed by atoms with van der Waals surface area (Å²) in [7, 11) is 1.81. The molecule has 0 aliphatic heterocycles. The van der Waals surface area contributed by atoms with Gasteiger partial charge in [-0.05, 0) is 49.3 Å². The average molecular weight is 342 g/mol. The first-order valence-corrected chi connectivity index (χ1v) is 8.22. The van der Waals surface area contributed by atoms with Gasteiger partial charge in [-0.1, -0.05) is 36.9 Å². The van der Waals surface area contributed by atoms with Crippen LogP contribution in [0.25, 0.3) is 0 Å². The maximum Gasteiger partial charge on any atom is 0.243 e. The van der Waals surface area contributed by atoms with E-state index in [4.69, 9.17) is 0 Å². The van der Waals surface area contributed by atoms with Crippen LogP contribution < -0.4 is 10.6 Å². The van der Waals surface area contributed by atoms with Crippen molar-refractivity contribution < 1.29 is 4.79 Å². The summed E-state index contributed by atoms with van der Waals surface area (Å²) >= 11 is 0. The Morgan fingerprint density at radius 1 is 1.28 bits per heavy atom. The van der Waals surface area contributed by atoms with Gasteiger partial charge < -0.3 is 10.6 Å². The molecular formula is C18H26N6O. The van der Waals surface area contributed by atoms with Crippen molar-refractivity contribution in [3.05, 3.63) is 54.4 Å². The highest BCUT2D eigenvalue weighted by atomic mass is 16.1. The Hall–Kier alpha value is -2.54. The summed E-state index contributed by atoms with van der Waals surface area (Å²) in [5.74, 6) is 0.510. The fraction of sp³-hybridized carbons (Fsp3) is 0.444. The third-order valence-corrected chi connectivity index (χ3v) is 4.08. The van der Waals surface area contributed by atoms with Crippen LogP contribution in [0, 0.1) is 0 Å². The van der Waals surface area contributed by atoms with Crippen molar-refractivity contribution in [2.24, 2.45) is 7.05 Å². The molecule has 0 spiro atoms. The molecule has 1 amide bonds. The second-order valence-electron chi connectivity index (χ2n) is 7.05. The zero-order valence-electron chi connectivity index (χ0n) is 15.3. The van der Waals surface area contributed by atoms with Gasteiger partial charge in [0.2, 0.25) is 5.91 Å². The predicted molar refractivity (Wildman–Crippen MR) is 96.5 cm³/mol. The molecule has 0 fully saturated rings. The van der Waals surface area contributed by atoms with Crippen molar-refractivity contribution in [1.29, 1.82) is 0 Å². The predicted octanol–water partition coefficient (Wildman–Crippen LogP) is 1.69. The van der Waals surface area contributed by atoms with Crippen LogP contribution in [0.15, 0.2) is 43.0 Å². The van der Waals surface area contributed by atoms with Crippen molar-refractivity contribution in [3.63, 3.8) is 0 Å². The number of nitrogens with one attached hydrogen (secondary N) is 2. The van der Waals surface area contributed by atoms with Crippen LogP contribution in [0.4, 0.5) is 0 Å². The van der Waals surface area contributed by atoms with Gasteiger partial charge >= 0.3 is 0 Å². The minimum atomic E-state index is -0.536. The lowest BCUT2D eigenvalue weighted by molar-refractivity contribution is -0.118. The van der Waals surface area contributed by atoms with E-state index >= 15 is 0 Å². The topological polar surface area (TPSA) is 84.7 Å². The highest BCUT2D eigenvalue weighted by Crippen LogP contribution is 2.29. The van der Waals surface area contributed by atoms with Crippen LogP contribution in [-0.4, -0.2) is 31.7 Å². The monoisotopic (exact) mass is 342 g/mol. The Balaban J connectivity index is 2.24. The summed E-state index contributed by atoms with van der Waals surface area (Å²) in [6.07, 6.45) is 1.88. The van der Waals surface area contributed by atoms with E-state index in [0.717, 1.165) is 5.56 Å².